The van der Waals surface area contributed by atoms with Gasteiger partial charge < -0.3 is 20.0 Å². The fraction of sp³-hybridized carbons (Fsp3) is 0.273. The summed E-state index contributed by atoms with van der Waals surface area (Å²) in [4.78, 5) is 11.2. The van der Waals surface area contributed by atoms with Crippen molar-refractivity contribution in [3.05, 3.63) is 17.7 Å². The number of amides is 1. The molecule has 0 saturated heterocycles. The maximum Gasteiger partial charge on any atom is 0.270 e. The van der Waals surface area contributed by atoms with Crippen LogP contribution < -0.4 is 14.8 Å². The standard InChI is InChI=1S/C11H14N2O4/c1-7-4-5-8(13-9(14)6-12-15)11(17-3)10(7)16-2/h4-6,15H,1-3H3,(H,13,14)/b12-6+. The molecule has 0 fully saturated rings. The van der Waals surface area contributed by atoms with Gasteiger partial charge in [-0.05, 0) is 18.6 Å². The molecule has 0 heterocycles. The molecular formula is C11H14N2O4. The molecule has 0 spiro atoms. The van der Waals surface area contributed by atoms with Crippen LogP contribution in [-0.2, 0) is 4.79 Å². The van der Waals surface area contributed by atoms with Gasteiger partial charge >= 0.3 is 0 Å². The summed E-state index contributed by atoms with van der Waals surface area (Å²) in [6.45, 7) is 1.86. The van der Waals surface area contributed by atoms with E-state index in [4.69, 9.17) is 14.7 Å². The number of ether oxygens (including phenoxy) is 2. The zero-order valence-electron chi connectivity index (χ0n) is 9.85. The molecular weight excluding hydrogens is 224 g/mol. The Morgan fingerprint density at radius 1 is 1.35 bits per heavy atom. The van der Waals surface area contributed by atoms with E-state index in [0.29, 0.717) is 17.2 Å². The third-order valence-corrected chi connectivity index (χ3v) is 2.15. The van der Waals surface area contributed by atoms with Crippen molar-refractivity contribution >= 4 is 17.8 Å². The van der Waals surface area contributed by atoms with Crippen LogP contribution in [0.2, 0.25) is 0 Å². The molecule has 0 radical (unpaired) electrons. The average Bonchev–Trinajstić information content (AvgIpc) is 2.31. The van der Waals surface area contributed by atoms with Crippen molar-refractivity contribution in [2.24, 2.45) is 5.16 Å². The number of methoxy groups -OCH3 is 2. The minimum Gasteiger partial charge on any atom is -0.493 e. The van der Waals surface area contributed by atoms with Crippen molar-refractivity contribution in [2.45, 2.75) is 6.92 Å². The second-order valence-corrected chi connectivity index (χ2v) is 3.23. The van der Waals surface area contributed by atoms with Gasteiger partial charge in [0.2, 0.25) is 0 Å². The molecule has 0 bridgehead atoms. The number of nitrogens with zero attached hydrogens (tertiary/aromatic N) is 1. The van der Waals surface area contributed by atoms with Crippen LogP contribution in [0.5, 0.6) is 11.5 Å². The molecule has 1 aromatic carbocycles. The number of carbonyl (C=O) groups excluding carboxylic acids is 1. The molecule has 0 saturated carbocycles. The fourth-order valence-electron chi connectivity index (χ4n) is 1.43. The third-order valence-electron chi connectivity index (χ3n) is 2.15. The summed E-state index contributed by atoms with van der Waals surface area (Å²) in [5, 5.41) is 13.4. The van der Waals surface area contributed by atoms with Crippen LogP contribution >= 0.6 is 0 Å². The summed E-state index contributed by atoms with van der Waals surface area (Å²) >= 11 is 0. The van der Waals surface area contributed by atoms with Crippen LogP contribution in [0.25, 0.3) is 0 Å². The van der Waals surface area contributed by atoms with E-state index in [-0.39, 0.29) is 0 Å². The molecule has 0 aliphatic heterocycles. The summed E-state index contributed by atoms with van der Waals surface area (Å²) in [6, 6.07) is 3.47. The molecule has 0 aliphatic carbocycles. The van der Waals surface area contributed by atoms with Crippen molar-refractivity contribution in [1.82, 2.24) is 0 Å². The minimum atomic E-state index is -0.559. The summed E-state index contributed by atoms with van der Waals surface area (Å²) in [7, 11) is 3.00. The van der Waals surface area contributed by atoms with E-state index >= 15 is 0 Å². The molecule has 1 amide bonds. The molecule has 2 N–H and O–H groups in total. The molecule has 6 nitrogen and oxygen atoms in total. The number of aryl methyl sites for hydroxylation is 1. The van der Waals surface area contributed by atoms with E-state index in [1.54, 1.807) is 12.1 Å². The van der Waals surface area contributed by atoms with Gasteiger partial charge in [0, 0.05) is 0 Å². The van der Waals surface area contributed by atoms with Gasteiger partial charge in [-0.1, -0.05) is 11.2 Å². The Morgan fingerprint density at radius 3 is 2.53 bits per heavy atom. The number of hydrogen-bond donors (Lipinski definition) is 2. The minimum absolute atomic E-state index is 0.423. The SMILES string of the molecule is COc1c(C)ccc(NC(=O)/C=N/O)c1OC. The Morgan fingerprint density at radius 2 is 2.00 bits per heavy atom. The van der Waals surface area contributed by atoms with Crippen LogP contribution in [0.1, 0.15) is 5.56 Å². The number of benzene rings is 1. The van der Waals surface area contributed by atoms with Gasteiger partial charge in [-0.15, -0.1) is 0 Å². The maximum absolute atomic E-state index is 11.2. The molecule has 0 aliphatic rings. The second-order valence-electron chi connectivity index (χ2n) is 3.23. The van der Waals surface area contributed by atoms with E-state index in [2.05, 4.69) is 10.5 Å². The first-order chi connectivity index (χ1) is 8.13. The van der Waals surface area contributed by atoms with Gasteiger partial charge in [0.15, 0.2) is 11.5 Å². The zero-order valence-corrected chi connectivity index (χ0v) is 9.85. The lowest BCUT2D eigenvalue weighted by Crippen LogP contribution is -2.13. The smallest absolute Gasteiger partial charge is 0.270 e. The Hall–Kier alpha value is -2.24. The van der Waals surface area contributed by atoms with Gasteiger partial charge in [-0.2, -0.15) is 0 Å². The molecule has 6 heteroatoms. The molecule has 92 valence electrons. The lowest BCUT2D eigenvalue weighted by molar-refractivity contribution is -0.110. The summed E-state index contributed by atoms with van der Waals surface area (Å²) in [6.07, 6.45) is 0.756. The molecule has 17 heavy (non-hydrogen) atoms. The molecule has 0 atom stereocenters. The summed E-state index contributed by atoms with van der Waals surface area (Å²) < 4.78 is 10.4. The molecule has 0 aromatic heterocycles. The van der Waals surface area contributed by atoms with Crippen LogP contribution in [0.3, 0.4) is 0 Å². The number of carbonyl (C=O) groups is 1. The van der Waals surface area contributed by atoms with Gasteiger partial charge in [-0.25, -0.2) is 0 Å². The Balaban J connectivity index is 3.11. The number of hydrogen-bond acceptors (Lipinski definition) is 5. The Kier molecular flexibility index (Phi) is 4.33. The maximum atomic E-state index is 11.2. The highest BCUT2D eigenvalue weighted by atomic mass is 16.5. The average molecular weight is 238 g/mol. The largest absolute Gasteiger partial charge is 0.493 e. The van der Waals surface area contributed by atoms with Crippen LogP contribution in [0, 0.1) is 6.92 Å². The Labute approximate surface area is 98.8 Å². The Bertz CT molecular complexity index is 443. The van der Waals surface area contributed by atoms with E-state index in [1.807, 2.05) is 6.92 Å². The van der Waals surface area contributed by atoms with E-state index in [1.165, 1.54) is 14.2 Å². The van der Waals surface area contributed by atoms with Crippen LogP contribution in [0.4, 0.5) is 5.69 Å². The van der Waals surface area contributed by atoms with Crippen molar-refractivity contribution in [2.75, 3.05) is 19.5 Å². The van der Waals surface area contributed by atoms with Crippen molar-refractivity contribution in [1.29, 1.82) is 0 Å². The second kappa shape index (κ2) is 5.74. The first-order valence-corrected chi connectivity index (χ1v) is 4.84. The summed E-state index contributed by atoms with van der Waals surface area (Å²) in [5.41, 5.74) is 1.33. The van der Waals surface area contributed by atoms with Crippen molar-refractivity contribution in [3.8, 4) is 11.5 Å². The molecule has 0 unspecified atom stereocenters. The van der Waals surface area contributed by atoms with Crippen LogP contribution in [0.15, 0.2) is 17.3 Å². The number of nitrogens with one attached hydrogen (secondary N) is 1. The van der Waals surface area contributed by atoms with Gasteiger partial charge in [0.05, 0.1) is 19.9 Å². The zero-order chi connectivity index (χ0) is 12.8. The van der Waals surface area contributed by atoms with E-state index in [9.17, 15) is 4.79 Å². The topological polar surface area (TPSA) is 80.2 Å². The first-order valence-electron chi connectivity index (χ1n) is 4.84. The monoisotopic (exact) mass is 238 g/mol. The van der Waals surface area contributed by atoms with E-state index < -0.39 is 5.91 Å². The number of anilines is 1. The predicted octanol–water partition coefficient (Wildman–Crippen LogP) is 1.41. The highest BCUT2D eigenvalue weighted by Crippen LogP contribution is 2.37. The highest BCUT2D eigenvalue weighted by molar-refractivity contribution is 6.31. The highest BCUT2D eigenvalue weighted by Gasteiger charge is 2.13. The van der Waals surface area contributed by atoms with Gasteiger partial charge in [0.25, 0.3) is 5.91 Å². The quantitative estimate of drug-likeness (QED) is 0.472. The van der Waals surface area contributed by atoms with E-state index in [0.717, 1.165) is 11.8 Å². The number of rotatable bonds is 4. The lowest BCUT2D eigenvalue weighted by Gasteiger charge is -2.14. The molecule has 1 aromatic rings. The van der Waals surface area contributed by atoms with Crippen LogP contribution in [-0.4, -0.2) is 31.5 Å². The summed E-state index contributed by atoms with van der Waals surface area (Å²) in [5.74, 6) is 0.412. The lowest BCUT2D eigenvalue weighted by atomic mass is 10.2. The molecule has 1 rings (SSSR count). The third kappa shape index (κ3) is 2.87. The normalized spacial score (nSPS) is 10.3. The van der Waals surface area contributed by atoms with Crippen molar-refractivity contribution in [3.63, 3.8) is 0 Å². The van der Waals surface area contributed by atoms with Gasteiger partial charge in [0.1, 0.15) is 6.21 Å². The predicted molar refractivity (Wildman–Crippen MR) is 63.2 cm³/mol. The number of oxime groups is 1. The first kappa shape index (κ1) is 12.8. The van der Waals surface area contributed by atoms with Crippen molar-refractivity contribution < 1.29 is 19.5 Å². The fourth-order valence-corrected chi connectivity index (χ4v) is 1.43. The van der Waals surface area contributed by atoms with Gasteiger partial charge in [-0.3, -0.25) is 4.79 Å².